The maximum atomic E-state index is 13.2. The number of alkyl halides is 2. The largest absolute Gasteiger partial charge is 0.457 e. The molecule has 0 aromatic heterocycles. The maximum absolute atomic E-state index is 13.2. The molecule has 2 bridgehead atoms. The molecule has 1 saturated heterocycles. The molecule has 1 heterocycles. The van der Waals surface area contributed by atoms with E-state index in [-0.39, 0.29) is 45.1 Å². The zero-order valence-electron chi connectivity index (χ0n) is 16.4. The van der Waals surface area contributed by atoms with E-state index in [1.807, 2.05) is 42.5 Å². The molecule has 0 spiro atoms. The Hall–Kier alpha value is -2.18. The van der Waals surface area contributed by atoms with Crippen LogP contribution in [-0.2, 0) is 9.59 Å². The predicted octanol–water partition coefficient (Wildman–Crippen LogP) is 5.91. The van der Waals surface area contributed by atoms with Crippen molar-refractivity contribution in [1.82, 2.24) is 0 Å². The van der Waals surface area contributed by atoms with E-state index in [4.69, 9.17) is 4.74 Å². The van der Waals surface area contributed by atoms with E-state index in [1.54, 1.807) is 12.1 Å². The van der Waals surface area contributed by atoms with E-state index in [2.05, 4.69) is 44.0 Å². The van der Waals surface area contributed by atoms with Gasteiger partial charge in [-0.25, -0.2) is 0 Å². The standard InChI is InChI=1S/C25H19Br2NO3/c26-22-18-12-19(23(22)27)21-20(18)24(29)28(25(21)30)15-6-9-16(10-7-15)31-17-8-5-13-3-1-2-4-14(13)11-17/h1-11,18-23H,12H2/t18-,19+,20-,21+,22-,23+. The van der Waals surface area contributed by atoms with Crippen molar-refractivity contribution in [3.63, 3.8) is 0 Å². The summed E-state index contributed by atoms with van der Waals surface area (Å²) in [4.78, 5) is 28.2. The smallest absolute Gasteiger partial charge is 0.238 e. The number of ether oxygens (including phenoxy) is 1. The van der Waals surface area contributed by atoms with Gasteiger partial charge in [-0.3, -0.25) is 14.5 Å². The fraction of sp³-hybridized carbons (Fsp3) is 0.280. The van der Waals surface area contributed by atoms with Crippen molar-refractivity contribution in [3.8, 4) is 11.5 Å². The van der Waals surface area contributed by atoms with Crippen molar-refractivity contribution >= 4 is 60.1 Å². The maximum Gasteiger partial charge on any atom is 0.238 e. The molecule has 2 aliphatic carbocycles. The number of benzene rings is 3. The second-order valence-electron chi connectivity index (χ2n) is 8.62. The normalized spacial score (nSPS) is 31.5. The van der Waals surface area contributed by atoms with Gasteiger partial charge in [-0.15, -0.1) is 0 Å². The van der Waals surface area contributed by atoms with Crippen molar-refractivity contribution in [1.29, 1.82) is 0 Å². The third-order valence-electron chi connectivity index (χ3n) is 7.04. The Kier molecular flexibility index (Phi) is 4.51. The Labute approximate surface area is 196 Å². The Balaban J connectivity index is 1.24. The highest BCUT2D eigenvalue weighted by Gasteiger charge is 2.66. The first kappa shape index (κ1) is 19.5. The van der Waals surface area contributed by atoms with Crippen molar-refractivity contribution < 1.29 is 14.3 Å². The highest BCUT2D eigenvalue weighted by Crippen LogP contribution is 2.60. The molecule has 3 aromatic carbocycles. The van der Waals surface area contributed by atoms with Crippen LogP contribution < -0.4 is 9.64 Å². The van der Waals surface area contributed by atoms with Gasteiger partial charge in [0.25, 0.3) is 0 Å². The third kappa shape index (κ3) is 2.91. The number of carbonyl (C=O) groups excluding carboxylic acids is 2. The van der Waals surface area contributed by atoms with Crippen LogP contribution in [0.4, 0.5) is 5.69 Å². The summed E-state index contributed by atoms with van der Waals surface area (Å²) >= 11 is 7.46. The second-order valence-corrected chi connectivity index (χ2v) is 10.7. The number of carbonyl (C=O) groups is 2. The van der Waals surface area contributed by atoms with Crippen LogP contribution in [0.2, 0.25) is 0 Å². The minimum Gasteiger partial charge on any atom is -0.457 e. The average Bonchev–Trinajstić information content (AvgIpc) is 3.39. The van der Waals surface area contributed by atoms with Gasteiger partial charge in [0.15, 0.2) is 0 Å². The zero-order chi connectivity index (χ0) is 21.3. The van der Waals surface area contributed by atoms with E-state index in [0.717, 1.165) is 22.9 Å². The van der Waals surface area contributed by atoms with Crippen LogP contribution in [0.5, 0.6) is 11.5 Å². The molecule has 2 amide bonds. The monoisotopic (exact) mass is 539 g/mol. The van der Waals surface area contributed by atoms with Gasteiger partial charge in [0.2, 0.25) is 11.8 Å². The van der Waals surface area contributed by atoms with E-state index in [9.17, 15) is 9.59 Å². The lowest BCUT2D eigenvalue weighted by molar-refractivity contribution is -0.123. The molecule has 1 aliphatic heterocycles. The molecule has 6 atom stereocenters. The van der Waals surface area contributed by atoms with Gasteiger partial charge in [-0.05, 0) is 65.4 Å². The summed E-state index contributed by atoms with van der Waals surface area (Å²) in [6.07, 6.45) is 0.936. The fourth-order valence-electron chi connectivity index (χ4n) is 5.63. The van der Waals surface area contributed by atoms with Gasteiger partial charge >= 0.3 is 0 Å². The zero-order valence-corrected chi connectivity index (χ0v) is 19.6. The van der Waals surface area contributed by atoms with E-state index in [0.29, 0.717) is 11.4 Å². The Bertz CT molecular complexity index is 1180. The van der Waals surface area contributed by atoms with E-state index >= 15 is 0 Å². The number of hydrogen-bond acceptors (Lipinski definition) is 3. The lowest BCUT2D eigenvalue weighted by atomic mass is 9.81. The molecule has 3 aliphatic rings. The van der Waals surface area contributed by atoms with Crippen LogP contribution in [0.3, 0.4) is 0 Å². The number of hydrogen-bond donors (Lipinski definition) is 0. The Morgan fingerprint density at radius 2 is 1.32 bits per heavy atom. The lowest BCUT2D eigenvalue weighted by Gasteiger charge is -2.28. The molecule has 3 fully saturated rings. The van der Waals surface area contributed by atoms with Crippen LogP contribution in [0.15, 0.2) is 66.7 Å². The topological polar surface area (TPSA) is 46.6 Å². The first-order valence-electron chi connectivity index (χ1n) is 10.5. The highest BCUT2D eigenvalue weighted by atomic mass is 79.9. The van der Waals surface area contributed by atoms with Crippen LogP contribution in [-0.4, -0.2) is 21.5 Å². The highest BCUT2D eigenvalue weighted by molar-refractivity contribution is 9.12. The number of amides is 2. The van der Waals surface area contributed by atoms with Crippen molar-refractivity contribution in [3.05, 3.63) is 66.7 Å². The third-order valence-corrected chi connectivity index (χ3v) is 10.2. The van der Waals surface area contributed by atoms with Gasteiger partial charge in [0, 0.05) is 9.65 Å². The van der Waals surface area contributed by atoms with Gasteiger partial charge in [-0.2, -0.15) is 0 Å². The lowest BCUT2D eigenvalue weighted by Crippen LogP contribution is -2.37. The molecule has 0 N–H and O–H groups in total. The molecule has 0 radical (unpaired) electrons. The summed E-state index contributed by atoms with van der Waals surface area (Å²) in [5.74, 6) is 1.32. The minimum atomic E-state index is -0.204. The van der Waals surface area contributed by atoms with Gasteiger partial charge < -0.3 is 4.74 Å². The molecule has 3 aromatic rings. The van der Waals surface area contributed by atoms with E-state index < -0.39 is 0 Å². The molecule has 4 nitrogen and oxygen atoms in total. The quantitative estimate of drug-likeness (QED) is 0.306. The number of nitrogens with zero attached hydrogens (tertiary/aromatic N) is 1. The van der Waals surface area contributed by atoms with Crippen LogP contribution in [0.25, 0.3) is 10.8 Å². The van der Waals surface area contributed by atoms with Crippen molar-refractivity contribution in [2.24, 2.45) is 23.7 Å². The molecule has 6 heteroatoms. The first-order valence-corrected chi connectivity index (χ1v) is 12.3. The van der Waals surface area contributed by atoms with Gasteiger partial charge in [-0.1, -0.05) is 62.2 Å². The molecule has 6 rings (SSSR count). The minimum absolute atomic E-state index is 0.0606. The van der Waals surface area contributed by atoms with Gasteiger partial charge in [0.05, 0.1) is 17.5 Å². The molecule has 0 unspecified atom stereocenters. The van der Waals surface area contributed by atoms with Crippen LogP contribution >= 0.6 is 31.9 Å². The summed E-state index contributed by atoms with van der Waals surface area (Å²) in [7, 11) is 0. The fourth-order valence-corrected chi connectivity index (χ4v) is 7.51. The second kappa shape index (κ2) is 7.17. The van der Waals surface area contributed by atoms with Crippen LogP contribution in [0.1, 0.15) is 6.42 Å². The summed E-state index contributed by atoms with van der Waals surface area (Å²) in [6.45, 7) is 0. The van der Waals surface area contributed by atoms with Gasteiger partial charge in [0.1, 0.15) is 11.5 Å². The summed E-state index contributed by atoms with van der Waals surface area (Å²) < 4.78 is 6.00. The van der Waals surface area contributed by atoms with E-state index in [1.165, 1.54) is 4.90 Å². The number of fused-ring (bicyclic) bond motifs is 6. The summed E-state index contributed by atoms with van der Waals surface area (Å²) in [5, 5.41) is 2.27. The predicted molar refractivity (Wildman–Crippen MR) is 127 cm³/mol. The number of anilines is 1. The van der Waals surface area contributed by atoms with Crippen molar-refractivity contribution in [2.45, 2.75) is 16.1 Å². The number of imide groups is 1. The summed E-state index contributed by atoms with van der Waals surface area (Å²) in [6, 6.07) is 21.3. The Morgan fingerprint density at radius 1 is 0.742 bits per heavy atom. The molecule has 156 valence electrons. The van der Waals surface area contributed by atoms with Crippen molar-refractivity contribution in [2.75, 3.05) is 4.90 Å². The molecular weight excluding hydrogens is 522 g/mol. The first-order chi connectivity index (χ1) is 15.0. The average molecular weight is 541 g/mol. The summed E-state index contributed by atoms with van der Waals surface area (Å²) in [5.41, 5.74) is 0.618. The molecule has 31 heavy (non-hydrogen) atoms. The molecule has 2 saturated carbocycles. The number of rotatable bonds is 3. The number of halogens is 2. The Morgan fingerprint density at radius 3 is 1.97 bits per heavy atom. The molecular formula is C25H19Br2NO3. The van der Waals surface area contributed by atoms with Crippen LogP contribution in [0, 0.1) is 23.7 Å². The SMILES string of the molecule is O=C1[C@@H]2[C@H]3C[C@H]([C@H](Br)[C@@H]3Br)[C@@H]2C(=O)N1c1ccc(Oc2ccc3ccccc3c2)cc1.